The number of ether oxygens (including phenoxy) is 4. The molecule has 8 bridgehead atoms. The molecule has 8 aliphatic rings. The predicted octanol–water partition coefficient (Wildman–Crippen LogP) is 8.52. The van der Waals surface area contributed by atoms with Gasteiger partial charge >= 0.3 is 0 Å². The van der Waals surface area contributed by atoms with E-state index in [4.69, 9.17) is 18.9 Å². The van der Waals surface area contributed by atoms with Gasteiger partial charge in [-0.05, 0) is 110 Å². The molecule has 0 unspecified atom stereocenters. The first kappa shape index (κ1) is 44.4. The van der Waals surface area contributed by atoms with Crippen LogP contribution in [-0.2, 0) is 11.0 Å². The summed E-state index contributed by atoms with van der Waals surface area (Å²) in [4.78, 5) is 0. The molecular formula is C47H58O11S4. The van der Waals surface area contributed by atoms with E-state index in [2.05, 4.69) is 13.8 Å². The summed E-state index contributed by atoms with van der Waals surface area (Å²) >= 11 is 0. The van der Waals surface area contributed by atoms with Crippen LogP contribution in [0.3, 0.4) is 0 Å². The molecule has 11 nitrogen and oxygen atoms in total. The standard InChI is InChI=1S/C47H58O11S4/c1-24(2)10-14-56-35-19-32(42(52)44(55-3)43(35)53)47-11-8-36-40(45(47)54)39-34(58-47)20-33(57-15-13-49)38-28-6-5-27(51)18-29(28)31-7-4-25-16-26(9-12-48)30(37(17-25)62-61-36)21-59-60-23-46(31,22-50)41(38)39/h5-6,18-20,24-25,31,36-37,40,45,48-54H,4,7-17,21-23H2,1-3H3/t25-,31+,36+,37+,40+,45-,46+,47+/m1/s1. The Morgan fingerprint density at radius 3 is 2.50 bits per heavy atom. The summed E-state index contributed by atoms with van der Waals surface area (Å²) in [7, 11) is 8.56. The molecule has 1 saturated heterocycles. The molecule has 3 aromatic rings. The van der Waals surface area contributed by atoms with Crippen molar-refractivity contribution in [2.75, 3.05) is 51.6 Å². The maximum absolute atomic E-state index is 13.4. The Bertz CT molecular complexity index is 2220. The lowest BCUT2D eigenvalue weighted by Gasteiger charge is -2.55. The molecule has 62 heavy (non-hydrogen) atoms. The van der Waals surface area contributed by atoms with Gasteiger partial charge in [-0.1, -0.05) is 68.7 Å². The first-order chi connectivity index (χ1) is 30.0. The van der Waals surface area contributed by atoms with Gasteiger partial charge in [0.05, 0.1) is 26.9 Å². The third kappa shape index (κ3) is 7.32. The van der Waals surface area contributed by atoms with Gasteiger partial charge in [-0.15, -0.1) is 0 Å². The average Bonchev–Trinajstić information content (AvgIpc) is 3.25. The van der Waals surface area contributed by atoms with E-state index in [0.717, 1.165) is 65.7 Å². The highest BCUT2D eigenvalue weighted by Crippen LogP contribution is 2.68. The van der Waals surface area contributed by atoms with Crippen molar-refractivity contribution in [2.45, 2.75) is 105 Å². The van der Waals surface area contributed by atoms with E-state index < -0.39 is 23.0 Å². The molecule has 7 N–H and O–H groups in total. The SMILES string of the molecule is COc1c(O)c(OCCC(C)C)cc([C@@]23CC[C@@H]4SS[C@H]5C[C@@H]6CC[C@H]7c8cc(O)ccc8-c8c(OCCO)cc(c(c8[C@@]7(CO)CSSCC5=C(CCO)C6)[C@H]4[C@H]2O)O3)c1O. The van der Waals surface area contributed by atoms with Crippen LogP contribution in [0.2, 0.25) is 0 Å². The van der Waals surface area contributed by atoms with E-state index >= 15 is 0 Å². The fourth-order valence-corrected chi connectivity index (χ4v) is 18.0. The highest BCUT2D eigenvalue weighted by molar-refractivity contribution is 8.77. The third-order valence-corrected chi connectivity index (χ3v) is 20.1. The Kier molecular flexibility index (Phi) is 12.8. The first-order valence-electron chi connectivity index (χ1n) is 21.9. The Morgan fingerprint density at radius 1 is 0.919 bits per heavy atom. The smallest absolute Gasteiger partial charge is 0.207 e. The number of aromatic hydroxyl groups is 3. The Labute approximate surface area is 379 Å². The molecular weight excluding hydrogens is 869 g/mol. The van der Waals surface area contributed by atoms with Gasteiger partial charge in [-0.3, -0.25) is 0 Å². The summed E-state index contributed by atoms with van der Waals surface area (Å²) in [6.07, 6.45) is 4.59. The topological polar surface area (TPSA) is 179 Å². The van der Waals surface area contributed by atoms with Crippen molar-refractivity contribution in [1.82, 2.24) is 0 Å². The number of benzene rings is 3. The number of hydrogen-bond acceptors (Lipinski definition) is 15. The second-order valence-corrected chi connectivity index (χ2v) is 23.3. The molecule has 5 aliphatic heterocycles. The van der Waals surface area contributed by atoms with Crippen molar-refractivity contribution >= 4 is 43.2 Å². The monoisotopic (exact) mass is 926 g/mol. The molecule has 336 valence electrons. The molecule has 8 atom stereocenters. The van der Waals surface area contributed by atoms with Gasteiger partial charge in [0.2, 0.25) is 11.5 Å². The second kappa shape index (κ2) is 17.9. The van der Waals surface area contributed by atoms with E-state index in [0.29, 0.717) is 55.0 Å². The zero-order valence-corrected chi connectivity index (χ0v) is 38.7. The molecule has 3 aromatic carbocycles. The van der Waals surface area contributed by atoms with Crippen LogP contribution in [-0.4, -0.2) is 104 Å². The van der Waals surface area contributed by atoms with Crippen molar-refractivity contribution in [2.24, 2.45) is 11.8 Å². The van der Waals surface area contributed by atoms with Gasteiger partial charge in [-0.25, -0.2) is 0 Å². The number of aliphatic hydroxyl groups is 4. The summed E-state index contributed by atoms with van der Waals surface area (Å²) in [6.45, 7) is 4.11. The maximum atomic E-state index is 13.4. The molecule has 1 saturated carbocycles. The average molecular weight is 927 g/mol. The lowest BCUT2D eigenvalue weighted by atomic mass is 9.56. The maximum Gasteiger partial charge on any atom is 0.207 e. The van der Waals surface area contributed by atoms with Crippen LogP contribution < -0.4 is 18.9 Å². The molecule has 0 radical (unpaired) electrons. The molecule has 11 rings (SSSR count). The molecule has 0 aromatic heterocycles. The summed E-state index contributed by atoms with van der Waals surface area (Å²) in [6, 6.07) is 8.89. The molecule has 3 aliphatic carbocycles. The molecule has 0 spiro atoms. The Morgan fingerprint density at radius 2 is 1.74 bits per heavy atom. The minimum absolute atomic E-state index is 0.00745. The molecule has 15 heteroatoms. The highest BCUT2D eigenvalue weighted by Gasteiger charge is 2.61. The van der Waals surface area contributed by atoms with Crippen LogP contribution in [0, 0.1) is 11.8 Å². The van der Waals surface area contributed by atoms with Crippen molar-refractivity contribution in [3.63, 3.8) is 0 Å². The van der Waals surface area contributed by atoms with Gasteiger partial charge in [0.1, 0.15) is 30.0 Å². The summed E-state index contributed by atoms with van der Waals surface area (Å²) < 4.78 is 25.6. The van der Waals surface area contributed by atoms with Crippen LogP contribution in [0.4, 0.5) is 0 Å². The van der Waals surface area contributed by atoms with Crippen molar-refractivity contribution in [1.29, 1.82) is 0 Å². The minimum Gasteiger partial charge on any atom is -0.508 e. The number of aliphatic hydroxyl groups excluding tert-OH is 4. The van der Waals surface area contributed by atoms with E-state index in [1.165, 1.54) is 18.3 Å². The zero-order valence-electron chi connectivity index (χ0n) is 35.4. The van der Waals surface area contributed by atoms with Crippen LogP contribution in [0.5, 0.6) is 40.2 Å². The largest absolute Gasteiger partial charge is 0.508 e. The van der Waals surface area contributed by atoms with Gasteiger partial charge in [0.25, 0.3) is 0 Å². The number of hydrogen-bond donors (Lipinski definition) is 7. The summed E-state index contributed by atoms with van der Waals surface area (Å²) in [5, 5.41) is 80.7. The minimum atomic E-state index is -1.52. The first-order valence-corrected chi connectivity index (χ1v) is 26.7. The Hall–Kier alpha value is -2.76. The van der Waals surface area contributed by atoms with Crippen LogP contribution in [0.15, 0.2) is 41.5 Å². The van der Waals surface area contributed by atoms with Crippen LogP contribution in [0.25, 0.3) is 11.1 Å². The quantitative estimate of drug-likeness (QED) is 0.0679. The number of fused-ring (bicyclic) bond motifs is 5. The summed E-state index contributed by atoms with van der Waals surface area (Å²) in [5.74, 6) is 1.52. The lowest BCUT2D eigenvalue weighted by molar-refractivity contribution is -0.112. The van der Waals surface area contributed by atoms with Gasteiger partial charge in [-0.2, -0.15) is 0 Å². The highest BCUT2D eigenvalue weighted by atomic mass is 33.1. The van der Waals surface area contributed by atoms with Crippen molar-refractivity contribution < 1.29 is 54.7 Å². The third-order valence-electron chi connectivity index (χ3n) is 14.3. The fourth-order valence-electron chi connectivity index (χ4n) is 11.4. The number of phenolic OH excluding ortho intramolecular Hbond substituents is 3. The number of phenols is 3. The van der Waals surface area contributed by atoms with Crippen LogP contribution in [0.1, 0.15) is 99.3 Å². The van der Waals surface area contributed by atoms with Gasteiger partial charge in [0, 0.05) is 62.7 Å². The van der Waals surface area contributed by atoms with Crippen molar-refractivity contribution in [3.05, 3.63) is 63.7 Å². The van der Waals surface area contributed by atoms with E-state index in [1.54, 1.807) is 44.5 Å². The summed E-state index contributed by atoms with van der Waals surface area (Å²) in [5.41, 5.74) is 4.76. The predicted molar refractivity (Wildman–Crippen MR) is 248 cm³/mol. The lowest BCUT2D eigenvalue weighted by Crippen LogP contribution is -2.57. The zero-order chi connectivity index (χ0) is 43.5. The van der Waals surface area contributed by atoms with E-state index in [9.17, 15) is 35.7 Å². The molecule has 2 fully saturated rings. The second-order valence-electron chi connectivity index (χ2n) is 18.2. The molecule has 5 heterocycles. The number of methoxy groups -OCH3 is 1. The van der Waals surface area contributed by atoms with Gasteiger partial charge in [0.15, 0.2) is 17.1 Å². The molecule has 0 amide bonds. The van der Waals surface area contributed by atoms with E-state index in [-0.39, 0.29) is 77.2 Å². The fraction of sp³-hybridized carbons (Fsp3) is 0.574. The van der Waals surface area contributed by atoms with Crippen molar-refractivity contribution in [3.8, 4) is 51.4 Å². The van der Waals surface area contributed by atoms with Crippen LogP contribution >= 0.6 is 43.2 Å². The number of rotatable bonds is 12. The Balaban J connectivity index is 1.33. The van der Waals surface area contributed by atoms with Gasteiger partial charge < -0.3 is 54.7 Å². The normalized spacial score (nSPS) is 29.7. The van der Waals surface area contributed by atoms with E-state index in [1.807, 2.05) is 29.0 Å².